The molecule has 0 heterocycles. The number of fused-ring (bicyclic) bond motifs is 2. The summed E-state index contributed by atoms with van der Waals surface area (Å²) in [7, 11) is -8.76. The molecule has 0 saturated heterocycles. The molecule has 6 nitrogen and oxygen atoms in total. The first-order valence-electron chi connectivity index (χ1n) is 8.05. The average molecular weight is 622 g/mol. The van der Waals surface area contributed by atoms with Crippen LogP contribution in [0.25, 0.3) is 21.5 Å². The van der Waals surface area contributed by atoms with Crippen molar-refractivity contribution in [2.24, 2.45) is 0 Å². The Labute approximate surface area is 188 Å². The molecule has 0 fully saturated rings. The van der Waals surface area contributed by atoms with E-state index in [1.54, 1.807) is 72.8 Å². The second-order valence-electron chi connectivity index (χ2n) is 5.86. The Kier molecular flexibility index (Phi) is 7.51. The van der Waals surface area contributed by atoms with Crippen molar-refractivity contribution in [3.05, 3.63) is 84.9 Å². The van der Waals surface area contributed by atoms with Gasteiger partial charge in [-0.3, -0.25) is 0 Å². The maximum absolute atomic E-state index is 10.9. The van der Waals surface area contributed by atoms with E-state index < -0.39 is 20.2 Å². The smallest absolute Gasteiger partial charge is 0.744 e. The third kappa shape index (κ3) is 5.60. The van der Waals surface area contributed by atoms with Gasteiger partial charge in [-0.1, -0.05) is 72.8 Å². The summed E-state index contributed by atoms with van der Waals surface area (Å²) in [5.41, 5.74) is 0. The van der Waals surface area contributed by atoms with Gasteiger partial charge in [0.05, 0.1) is 9.79 Å². The van der Waals surface area contributed by atoms with E-state index in [-0.39, 0.29) is 37.1 Å². The zero-order valence-electron chi connectivity index (χ0n) is 14.8. The van der Waals surface area contributed by atoms with Crippen LogP contribution in [0.2, 0.25) is 0 Å². The molecule has 4 rings (SSSR count). The van der Waals surface area contributed by atoms with Gasteiger partial charge in [0.1, 0.15) is 20.2 Å². The van der Waals surface area contributed by atoms with Crippen molar-refractivity contribution in [1.29, 1.82) is 0 Å². The van der Waals surface area contributed by atoms with E-state index in [0.29, 0.717) is 10.8 Å². The summed E-state index contributed by atoms with van der Waals surface area (Å²) in [6.45, 7) is 0. The van der Waals surface area contributed by atoms with Gasteiger partial charge in [0.25, 0.3) is 0 Å². The Hall–Kier alpha value is -1.86. The predicted octanol–water partition coefficient (Wildman–Crippen LogP) is 3.11. The summed E-state index contributed by atoms with van der Waals surface area (Å²) in [6, 6.07) is 23.1. The summed E-state index contributed by atoms with van der Waals surface area (Å²) in [5.74, 6) is 0. The Morgan fingerprint density at radius 3 is 1.14 bits per heavy atom. The van der Waals surface area contributed by atoms with E-state index in [1.165, 1.54) is 12.1 Å². The molecular weight excluding hydrogens is 608 g/mol. The minimum absolute atomic E-state index is 0. The zero-order valence-corrected chi connectivity index (χ0v) is 20.4. The quantitative estimate of drug-likeness (QED) is 0.251. The van der Waals surface area contributed by atoms with Gasteiger partial charge in [-0.05, 0) is 33.7 Å². The van der Waals surface area contributed by atoms with E-state index >= 15 is 0 Å². The fourth-order valence-corrected chi connectivity index (χ4v) is 4.23. The van der Waals surface area contributed by atoms with Crippen LogP contribution in [0.15, 0.2) is 94.7 Å². The van der Waals surface area contributed by atoms with Crippen molar-refractivity contribution in [1.82, 2.24) is 0 Å². The molecule has 0 N–H and O–H groups in total. The monoisotopic (exact) mass is 622 g/mol. The number of hydrogen-bond donors (Lipinski definition) is 0. The molecule has 29 heavy (non-hydrogen) atoms. The van der Waals surface area contributed by atoms with Crippen LogP contribution in [0.1, 0.15) is 0 Å². The number of hydrogen-bond acceptors (Lipinski definition) is 6. The normalized spacial score (nSPS) is 11.4. The van der Waals surface area contributed by atoms with Gasteiger partial charge < -0.3 is 9.11 Å². The molecule has 0 aliphatic rings. The third-order valence-electron chi connectivity index (χ3n) is 4.04. The van der Waals surface area contributed by atoms with Crippen LogP contribution in [0.4, 0.5) is 0 Å². The van der Waals surface area contributed by atoms with Crippen LogP contribution in [0.5, 0.6) is 0 Å². The van der Waals surface area contributed by atoms with Crippen molar-refractivity contribution >= 4 is 69.1 Å². The third-order valence-corrected chi connectivity index (χ3v) is 5.83. The van der Waals surface area contributed by atoms with Crippen LogP contribution in [-0.2, 0) is 20.2 Å². The Balaban J connectivity index is 0.000000200. The summed E-state index contributed by atoms with van der Waals surface area (Å²) >= 11 is 0. The molecule has 0 bridgehead atoms. The first-order valence-corrected chi connectivity index (χ1v) is 10.9. The molecule has 4 aromatic carbocycles. The van der Waals surface area contributed by atoms with Crippen molar-refractivity contribution in [3.8, 4) is 0 Å². The van der Waals surface area contributed by atoms with Crippen LogP contribution < -0.4 is 0 Å². The van der Waals surface area contributed by atoms with Crippen LogP contribution in [0, 0.1) is 0 Å². The van der Waals surface area contributed by atoms with E-state index in [4.69, 9.17) is 0 Å². The van der Waals surface area contributed by atoms with Crippen LogP contribution in [0.3, 0.4) is 0 Å². The summed E-state index contributed by atoms with van der Waals surface area (Å²) in [5, 5.41) is 2.46. The maximum Gasteiger partial charge on any atom is 2.00 e. The molecule has 0 amide bonds. The van der Waals surface area contributed by atoms with E-state index in [2.05, 4.69) is 0 Å². The molecule has 0 spiro atoms. The van der Waals surface area contributed by atoms with Gasteiger partial charge in [-0.2, -0.15) is 0 Å². The summed E-state index contributed by atoms with van der Waals surface area (Å²) < 4.78 is 65.3. The van der Waals surface area contributed by atoms with E-state index in [9.17, 15) is 25.9 Å². The maximum atomic E-state index is 10.9. The topological polar surface area (TPSA) is 114 Å². The zero-order chi connectivity index (χ0) is 20.4. The molecule has 0 aliphatic heterocycles. The Morgan fingerprint density at radius 2 is 0.793 bits per heavy atom. The molecule has 0 aromatic heterocycles. The van der Waals surface area contributed by atoms with Crippen molar-refractivity contribution < 1.29 is 25.9 Å². The SMILES string of the molecule is O=S(=O)([O-])c1cccc2ccccc12.O=S(=O)([O-])c1cccc2ccccc12.[Pb+2]. The minimum Gasteiger partial charge on any atom is -0.744 e. The van der Waals surface area contributed by atoms with Gasteiger partial charge in [-0.25, -0.2) is 16.8 Å². The number of benzene rings is 4. The Morgan fingerprint density at radius 1 is 0.483 bits per heavy atom. The van der Waals surface area contributed by atoms with Crippen molar-refractivity contribution in [3.63, 3.8) is 0 Å². The molecule has 0 unspecified atom stereocenters. The average Bonchev–Trinajstić information content (AvgIpc) is 2.66. The van der Waals surface area contributed by atoms with E-state index in [1.807, 2.05) is 0 Å². The second kappa shape index (κ2) is 9.30. The Bertz CT molecular complexity index is 1250. The van der Waals surface area contributed by atoms with Crippen LogP contribution in [-0.4, -0.2) is 53.2 Å². The first-order chi connectivity index (χ1) is 13.2. The molecule has 0 saturated carbocycles. The van der Waals surface area contributed by atoms with Gasteiger partial charge in [0.2, 0.25) is 0 Å². The predicted molar refractivity (Wildman–Crippen MR) is 110 cm³/mol. The molecule has 2 radical (unpaired) electrons. The molecular formula is C20H14O6PbS2. The molecule has 0 aliphatic carbocycles. The largest absolute Gasteiger partial charge is 2.00 e. The fourth-order valence-electron chi connectivity index (χ4n) is 2.83. The van der Waals surface area contributed by atoms with Crippen molar-refractivity contribution in [2.75, 3.05) is 0 Å². The first kappa shape index (κ1) is 23.4. The van der Waals surface area contributed by atoms with Crippen molar-refractivity contribution in [2.45, 2.75) is 9.79 Å². The van der Waals surface area contributed by atoms with Gasteiger partial charge in [-0.15, -0.1) is 0 Å². The standard InChI is InChI=1S/2C10H8O3S.Pb/c2*11-14(12,13)10-7-3-5-8-4-1-2-6-9(8)10;/h2*1-7H,(H,11,12,13);/q;;+2/p-2. The van der Waals surface area contributed by atoms with Gasteiger partial charge in [0.15, 0.2) is 0 Å². The van der Waals surface area contributed by atoms with E-state index in [0.717, 1.165) is 10.8 Å². The van der Waals surface area contributed by atoms with Gasteiger partial charge >= 0.3 is 27.3 Å². The second-order valence-corrected chi connectivity index (χ2v) is 8.56. The molecule has 9 heteroatoms. The fraction of sp³-hybridized carbons (Fsp3) is 0. The number of rotatable bonds is 2. The molecule has 4 aromatic rings. The minimum atomic E-state index is -4.38. The molecule has 0 atom stereocenters. The van der Waals surface area contributed by atoms with Crippen LogP contribution >= 0.6 is 0 Å². The summed E-state index contributed by atoms with van der Waals surface area (Å²) in [4.78, 5) is -0.314. The summed E-state index contributed by atoms with van der Waals surface area (Å²) in [6.07, 6.45) is 0. The molecule has 146 valence electrons. The van der Waals surface area contributed by atoms with Gasteiger partial charge in [0, 0.05) is 0 Å².